The summed E-state index contributed by atoms with van der Waals surface area (Å²) in [5.74, 6) is -2.38. The van der Waals surface area contributed by atoms with Gasteiger partial charge in [0.15, 0.2) is 0 Å². The fourth-order valence-electron chi connectivity index (χ4n) is 1.02. The molecular weight excluding hydrogens is 244 g/mol. The first kappa shape index (κ1) is 16.3. The molecule has 0 fully saturated rings. The van der Waals surface area contributed by atoms with E-state index in [4.69, 9.17) is 20.7 Å². The van der Waals surface area contributed by atoms with Gasteiger partial charge in [0, 0.05) is 6.42 Å². The molecule has 0 bridgehead atoms. The zero-order valence-electron chi connectivity index (χ0n) is 10.1. The Balaban J connectivity index is 4.14. The topological polar surface area (TPSA) is 139 Å². The van der Waals surface area contributed by atoms with E-state index >= 15 is 0 Å². The lowest BCUT2D eigenvalue weighted by Gasteiger charge is -2.18. The van der Waals surface area contributed by atoms with Crippen LogP contribution in [-0.4, -0.2) is 53.4 Å². The van der Waals surface area contributed by atoms with Crippen LogP contribution in [-0.2, 0) is 19.1 Å². The van der Waals surface area contributed by atoms with E-state index in [-0.39, 0.29) is 13.0 Å². The highest BCUT2D eigenvalue weighted by Gasteiger charge is 2.20. The summed E-state index contributed by atoms with van der Waals surface area (Å²) >= 11 is 0. The van der Waals surface area contributed by atoms with Crippen molar-refractivity contribution in [1.82, 2.24) is 5.32 Å². The minimum absolute atomic E-state index is 0.185. The molecular formula is C10H18N2O6. The van der Waals surface area contributed by atoms with Crippen molar-refractivity contribution in [3.63, 3.8) is 0 Å². The molecule has 18 heavy (non-hydrogen) atoms. The number of carbonyl (C=O) groups is 3. The Labute approximate surface area is 104 Å². The first-order valence-corrected chi connectivity index (χ1v) is 5.44. The summed E-state index contributed by atoms with van der Waals surface area (Å²) in [6, 6.07) is -2.01. The highest BCUT2D eigenvalue weighted by atomic mass is 16.5. The van der Waals surface area contributed by atoms with Crippen molar-refractivity contribution >= 4 is 17.8 Å². The quantitative estimate of drug-likeness (QED) is 0.379. The normalized spacial score (nSPS) is 13.5. The second-order valence-electron chi connectivity index (χ2n) is 3.63. The standard InChI is InChI=1S/C10H18N2O6/c1-2-9(16)18-5-6(4-13)12-10(17)7(11)3-8(14)15/h6-7,13H,2-5,11H2,1H3,(H,12,17)(H,14,15)/t6-,7+/m0/s1. The van der Waals surface area contributed by atoms with Crippen LogP contribution in [0.4, 0.5) is 0 Å². The number of aliphatic carboxylic acids is 1. The van der Waals surface area contributed by atoms with E-state index < -0.39 is 43.0 Å². The van der Waals surface area contributed by atoms with Crippen LogP contribution in [0.1, 0.15) is 19.8 Å². The van der Waals surface area contributed by atoms with Gasteiger partial charge in [0.25, 0.3) is 0 Å². The average molecular weight is 262 g/mol. The molecule has 1 amide bonds. The number of ether oxygens (including phenoxy) is 1. The van der Waals surface area contributed by atoms with Gasteiger partial charge in [0.05, 0.1) is 25.1 Å². The molecule has 0 saturated heterocycles. The molecule has 0 aromatic rings. The lowest BCUT2D eigenvalue weighted by atomic mass is 10.2. The molecule has 8 nitrogen and oxygen atoms in total. The highest BCUT2D eigenvalue weighted by Crippen LogP contribution is 1.93. The molecule has 0 aromatic heterocycles. The first-order valence-electron chi connectivity index (χ1n) is 5.44. The number of nitrogens with one attached hydrogen (secondary N) is 1. The fourth-order valence-corrected chi connectivity index (χ4v) is 1.02. The molecule has 0 aromatic carbocycles. The monoisotopic (exact) mass is 262 g/mol. The van der Waals surface area contributed by atoms with Crippen LogP contribution in [0.15, 0.2) is 0 Å². The van der Waals surface area contributed by atoms with E-state index in [0.717, 1.165) is 0 Å². The number of carboxylic acid groups (broad SMARTS) is 1. The Hall–Kier alpha value is -1.67. The van der Waals surface area contributed by atoms with Gasteiger partial charge in [0.2, 0.25) is 5.91 Å². The van der Waals surface area contributed by atoms with Gasteiger partial charge in [-0.05, 0) is 0 Å². The van der Waals surface area contributed by atoms with Crippen LogP contribution < -0.4 is 11.1 Å². The second kappa shape index (κ2) is 8.43. The van der Waals surface area contributed by atoms with Crippen LogP contribution in [0.3, 0.4) is 0 Å². The number of hydrogen-bond acceptors (Lipinski definition) is 6. The number of aliphatic hydroxyl groups excluding tert-OH is 1. The van der Waals surface area contributed by atoms with E-state index in [1.54, 1.807) is 6.92 Å². The summed E-state index contributed by atoms with van der Waals surface area (Å²) < 4.78 is 4.74. The number of hydrogen-bond donors (Lipinski definition) is 4. The minimum Gasteiger partial charge on any atom is -0.481 e. The number of aliphatic hydroxyl groups is 1. The molecule has 104 valence electrons. The molecule has 0 radical (unpaired) electrons. The van der Waals surface area contributed by atoms with Gasteiger partial charge >= 0.3 is 11.9 Å². The molecule has 2 atom stereocenters. The molecule has 0 aliphatic heterocycles. The maximum absolute atomic E-state index is 11.4. The SMILES string of the molecule is CCC(=O)OC[C@H](CO)NC(=O)[C@H](N)CC(=O)O. The zero-order chi connectivity index (χ0) is 14.1. The van der Waals surface area contributed by atoms with Gasteiger partial charge in [0.1, 0.15) is 6.61 Å². The van der Waals surface area contributed by atoms with Crippen molar-refractivity contribution < 1.29 is 29.3 Å². The van der Waals surface area contributed by atoms with Crippen molar-refractivity contribution in [3.8, 4) is 0 Å². The van der Waals surface area contributed by atoms with E-state index in [1.165, 1.54) is 0 Å². The molecule has 0 aliphatic carbocycles. The van der Waals surface area contributed by atoms with Crippen LogP contribution in [0, 0.1) is 0 Å². The summed E-state index contributed by atoms with van der Waals surface area (Å²) in [6.07, 6.45) is -0.330. The molecule has 0 saturated carbocycles. The Bertz CT molecular complexity index is 307. The molecule has 0 heterocycles. The summed E-state index contributed by atoms with van der Waals surface area (Å²) in [6.45, 7) is 0.981. The minimum atomic E-state index is -1.21. The van der Waals surface area contributed by atoms with Crippen LogP contribution in [0.25, 0.3) is 0 Å². The summed E-state index contributed by atoms with van der Waals surface area (Å²) in [5, 5.41) is 19.7. The fraction of sp³-hybridized carbons (Fsp3) is 0.700. The van der Waals surface area contributed by atoms with Gasteiger partial charge < -0.3 is 26.0 Å². The van der Waals surface area contributed by atoms with Gasteiger partial charge in [-0.1, -0.05) is 6.92 Å². The first-order chi connectivity index (χ1) is 8.40. The molecule has 0 rings (SSSR count). The molecule has 0 unspecified atom stereocenters. The van der Waals surface area contributed by atoms with Gasteiger partial charge in [-0.2, -0.15) is 0 Å². The van der Waals surface area contributed by atoms with Crippen molar-refractivity contribution in [2.75, 3.05) is 13.2 Å². The molecule has 0 spiro atoms. The Morgan fingerprint density at radius 3 is 2.44 bits per heavy atom. The number of carbonyl (C=O) groups excluding carboxylic acids is 2. The largest absolute Gasteiger partial charge is 0.481 e. The Morgan fingerprint density at radius 1 is 1.39 bits per heavy atom. The molecule has 5 N–H and O–H groups in total. The van der Waals surface area contributed by atoms with Crippen molar-refractivity contribution in [2.24, 2.45) is 5.73 Å². The lowest BCUT2D eigenvalue weighted by Crippen LogP contribution is -2.49. The number of carboxylic acids is 1. The van der Waals surface area contributed by atoms with E-state index in [0.29, 0.717) is 0 Å². The summed E-state index contributed by atoms with van der Waals surface area (Å²) in [7, 11) is 0. The maximum Gasteiger partial charge on any atom is 0.305 e. The number of esters is 1. The van der Waals surface area contributed by atoms with E-state index in [1.807, 2.05) is 0 Å². The Morgan fingerprint density at radius 2 is 2.00 bits per heavy atom. The number of nitrogens with two attached hydrogens (primary N) is 1. The molecule has 0 aliphatic rings. The van der Waals surface area contributed by atoms with Gasteiger partial charge in [-0.3, -0.25) is 14.4 Å². The number of amides is 1. The van der Waals surface area contributed by atoms with Crippen LogP contribution >= 0.6 is 0 Å². The third-order valence-corrected chi connectivity index (χ3v) is 2.03. The predicted octanol–water partition coefficient (Wildman–Crippen LogP) is -1.78. The molecule has 8 heteroatoms. The van der Waals surface area contributed by atoms with E-state index in [9.17, 15) is 14.4 Å². The number of rotatable bonds is 8. The van der Waals surface area contributed by atoms with Crippen molar-refractivity contribution in [1.29, 1.82) is 0 Å². The maximum atomic E-state index is 11.4. The van der Waals surface area contributed by atoms with Crippen molar-refractivity contribution in [2.45, 2.75) is 31.8 Å². The van der Waals surface area contributed by atoms with E-state index in [2.05, 4.69) is 5.32 Å². The third-order valence-electron chi connectivity index (χ3n) is 2.03. The van der Waals surface area contributed by atoms with Crippen LogP contribution in [0.2, 0.25) is 0 Å². The summed E-state index contributed by atoms with van der Waals surface area (Å²) in [4.78, 5) is 32.6. The highest BCUT2D eigenvalue weighted by molar-refractivity contribution is 5.86. The van der Waals surface area contributed by atoms with Crippen molar-refractivity contribution in [3.05, 3.63) is 0 Å². The summed E-state index contributed by atoms with van der Waals surface area (Å²) in [5.41, 5.74) is 5.32. The predicted molar refractivity (Wildman–Crippen MR) is 60.5 cm³/mol. The van der Waals surface area contributed by atoms with Gasteiger partial charge in [-0.25, -0.2) is 0 Å². The third kappa shape index (κ3) is 6.81. The van der Waals surface area contributed by atoms with Crippen LogP contribution in [0.5, 0.6) is 0 Å². The van der Waals surface area contributed by atoms with Gasteiger partial charge in [-0.15, -0.1) is 0 Å². The smallest absolute Gasteiger partial charge is 0.305 e. The second-order valence-corrected chi connectivity index (χ2v) is 3.63. The average Bonchev–Trinajstić information content (AvgIpc) is 2.32. The zero-order valence-corrected chi connectivity index (χ0v) is 10.1. The lowest BCUT2D eigenvalue weighted by molar-refractivity contribution is -0.145. The Kier molecular flexibility index (Phi) is 7.64.